The summed E-state index contributed by atoms with van der Waals surface area (Å²) in [5, 5.41) is 17.8. The van der Waals surface area contributed by atoms with E-state index in [0.29, 0.717) is 6.54 Å². The van der Waals surface area contributed by atoms with Gasteiger partial charge in [-0.3, -0.25) is 10.00 Å². The summed E-state index contributed by atoms with van der Waals surface area (Å²) in [5.41, 5.74) is 2.74. The Bertz CT molecular complexity index is 597. The van der Waals surface area contributed by atoms with Crippen LogP contribution in [0.1, 0.15) is 30.8 Å². The summed E-state index contributed by atoms with van der Waals surface area (Å²) in [6.07, 6.45) is 0.893. The second-order valence-electron chi connectivity index (χ2n) is 5.39. The van der Waals surface area contributed by atoms with E-state index in [9.17, 15) is 5.11 Å². The monoisotopic (exact) mass is 351 g/mol. The smallest absolute Gasteiger partial charge is 0.0767 e. The summed E-state index contributed by atoms with van der Waals surface area (Å²) in [6, 6.07) is 10.0. The van der Waals surface area contributed by atoms with Crippen LogP contribution in [-0.4, -0.2) is 21.5 Å². The number of aliphatic hydroxyl groups excluding tert-OH is 1. The summed E-state index contributed by atoms with van der Waals surface area (Å²) in [5.74, 6) is 0. The lowest BCUT2D eigenvalue weighted by Crippen LogP contribution is -2.42. The highest BCUT2D eigenvalue weighted by molar-refractivity contribution is 9.10. The summed E-state index contributed by atoms with van der Waals surface area (Å²) >= 11 is 3.62. The van der Waals surface area contributed by atoms with Crippen LogP contribution in [0.15, 0.2) is 34.8 Å². The van der Waals surface area contributed by atoms with Crippen molar-refractivity contribution in [1.29, 1.82) is 0 Å². The average Bonchev–Trinajstić information content (AvgIpc) is 2.80. The molecule has 4 nitrogen and oxygen atoms in total. The molecule has 0 radical (unpaired) electrons. The van der Waals surface area contributed by atoms with Crippen molar-refractivity contribution in [3.8, 4) is 0 Å². The molecule has 0 aliphatic heterocycles. The first-order chi connectivity index (χ1) is 10.0. The van der Waals surface area contributed by atoms with Gasteiger partial charge in [0.15, 0.2) is 0 Å². The molecule has 1 unspecified atom stereocenters. The van der Waals surface area contributed by atoms with Gasteiger partial charge >= 0.3 is 0 Å². The van der Waals surface area contributed by atoms with Gasteiger partial charge in [0.25, 0.3) is 0 Å². The molecule has 1 atom stereocenters. The fraction of sp³-hybridized carbons (Fsp3) is 0.438. The van der Waals surface area contributed by atoms with Gasteiger partial charge in [-0.2, -0.15) is 5.10 Å². The first kappa shape index (κ1) is 16.2. The van der Waals surface area contributed by atoms with Crippen LogP contribution in [0.5, 0.6) is 0 Å². The molecule has 0 amide bonds. The molecule has 1 aromatic carbocycles. The van der Waals surface area contributed by atoms with Crippen LogP contribution in [-0.2, 0) is 25.6 Å². The number of hydrogen-bond acceptors (Lipinski definition) is 3. The Morgan fingerprint density at radius 1 is 1.33 bits per heavy atom. The van der Waals surface area contributed by atoms with Gasteiger partial charge in [0.05, 0.1) is 28.0 Å². The van der Waals surface area contributed by atoms with Crippen molar-refractivity contribution < 1.29 is 5.11 Å². The van der Waals surface area contributed by atoms with E-state index in [1.54, 1.807) is 0 Å². The Hall–Kier alpha value is -1.17. The summed E-state index contributed by atoms with van der Waals surface area (Å²) in [6.45, 7) is 4.77. The van der Waals surface area contributed by atoms with Gasteiger partial charge in [-0.25, -0.2) is 0 Å². The molecule has 0 aliphatic rings. The molecule has 0 fully saturated rings. The normalized spacial score (nSPS) is 14.1. The van der Waals surface area contributed by atoms with E-state index in [1.807, 2.05) is 49.0 Å². The van der Waals surface area contributed by atoms with Gasteiger partial charge in [0.2, 0.25) is 0 Å². The molecule has 1 heterocycles. The fourth-order valence-corrected chi connectivity index (χ4v) is 3.10. The van der Waals surface area contributed by atoms with Crippen molar-refractivity contribution in [2.24, 2.45) is 7.05 Å². The Morgan fingerprint density at radius 2 is 2.00 bits per heavy atom. The average molecular weight is 352 g/mol. The second-order valence-corrected chi connectivity index (χ2v) is 6.19. The van der Waals surface area contributed by atoms with E-state index in [2.05, 4.69) is 33.3 Å². The lowest BCUT2D eigenvalue weighted by atomic mass is 9.93. The van der Waals surface area contributed by atoms with Crippen LogP contribution in [0.2, 0.25) is 0 Å². The fourth-order valence-electron chi connectivity index (χ4n) is 2.35. The molecule has 0 spiro atoms. The van der Waals surface area contributed by atoms with Crippen LogP contribution in [0.25, 0.3) is 0 Å². The van der Waals surface area contributed by atoms with Gasteiger partial charge in [-0.1, -0.05) is 37.3 Å². The third kappa shape index (κ3) is 3.36. The zero-order valence-electron chi connectivity index (χ0n) is 12.7. The largest absolute Gasteiger partial charge is 0.394 e. The van der Waals surface area contributed by atoms with Crippen molar-refractivity contribution in [2.75, 3.05) is 6.61 Å². The third-order valence-corrected chi connectivity index (χ3v) is 4.79. The molecule has 114 valence electrons. The summed E-state index contributed by atoms with van der Waals surface area (Å²) in [7, 11) is 1.94. The molecule has 2 rings (SSSR count). The number of benzene rings is 1. The SMILES string of the molecule is CCc1nn(C)c(CNC(C)(CO)c2ccccc2)c1Br. The van der Waals surface area contributed by atoms with Gasteiger partial charge < -0.3 is 5.11 Å². The zero-order chi connectivity index (χ0) is 15.5. The number of halogens is 1. The summed E-state index contributed by atoms with van der Waals surface area (Å²) < 4.78 is 2.94. The molecule has 2 aromatic rings. The van der Waals surface area contributed by atoms with Crippen LogP contribution in [0.3, 0.4) is 0 Å². The number of aliphatic hydroxyl groups is 1. The standard InChI is InChI=1S/C16H22BrN3O/c1-4-13-15(17)14(20(3)19-13)10-18-16(2,11-21)12-8-6-5-7-9-12/h5-9,18,21H,4,10-11H2,1-3H3. The van der Waals surface area contributed by atoms with Crippen LogP contribution < -0.4 is 5.32 Å². The number of nitrogens with one attached hydrogen (secondary N) is 1. The maximum absolute atomic E-state index is 9.81. The van der Waals surface area contributed by atoms with Crippen LogP contribution >= 0.6 is 15.9 Å². The van der Waals surface area contributed by atoms with E-state index in [4.69, 9.17) is 0 Å². The highest BCUT2D eigenvalue weighted by atomic mass is 79.9. The highest BCUT2D eigenvalue weighted by Gasteiger charge is 2.26. The lowest BCUT2D eigenvalue weighted by molar-refractivity contribution is 0.172. The minimum atomic E-state index is -0.475. The number of aryl methyl sites for hydroxylation is 2. The molecule has 1 aromatic heterocycles. The molecule has 5 heteroatoms. The van der Waals surface area contributed by atoms with Crippen molar-refractivity contribution in [2.45, 2.75) is 32.4 Å². The Balaban J connectivity index is 2.20. The van der Waals surface area contributed by atoms with Crippen molar-refractivity contribution in [3.05, 3.63) is 51.8 Å². The molecule has 0 aliphatic carbocycles. The van der Waals surface area contributed by atoms with Crippen molar-refractivity contribution >= 4 is 15.9 Å². The zero-order valence-corrected chi connectivity index (χ0v) is 14.3. The Morgan fingerprint density at radius 3 is 2.52 bits per heavy atom. The predicted octanol–water partition coefficient (Wildman–Crippen LogP) is 2.74. The maximum atomic E-state index is 9.81. The quantitative estimate of drug-likeness (QED) is 0.841. The third-order valence-electron chi connectivity index (χ3n) is 3.88. The Labute approximate surface area is 134 Å². The Kier molecular flexibility index (Phi) is 5.19. The number of nitrogens with zero attached hydrogens (tertiary/aromatic N) is 2. The van der Waals surface area contributed by atoms with Crippen molar-refractivity contribution in [3.63, 3.8) is 0 Å². The molecule has 0 saturated heterocycles. The van der Waals surface area contributed by atoms with E-state index >= 15 is 0 Å². The number of aromatic nitrogens is 2. The first-order valence-electron chi connectivity index (χ1n) is 7.13. The van der Waals surface area contributed by atoms with E-state index < -0.39 is 5.54 Å². The topological polar surface area (TPSA) is 50.1 Å². The van der Waals surface area contributed by atoms with E-state index in [1.165, 1.54) is 0 Å². The molecular formula is C16H22BrN3O. The van der Waals surface area contributed by atoms with E-state index in [-0.39, 0.29) is 6.61 Å². The van der Waals surface area contributed by atoms with Gasteiger partial charge in [0, 0.05) is 13.6 Å². The summed E-state index contributed by atoms with van der Waals surface area (Å²) in [4.78, 5) is 0. The predicted molar refractivity (Wildman–Crippen MR) is 88.0 cm³/mol. The van der Waals surface area contributed by atoms with Gasteiger partial charge in [0.1, 0.15) is 0 Å². The number of hydrogen-bond donors (Lipinski definition) is 2. The minimum absolute atomic E-state index is 0.0348. The van der Waals surface area contributed by atoms with Gasteiger partial charge in [-0.15, -0.1) is 0 Å². The first-order valence-corrected chi connectivity index (χ1v) is 7.92. The van der Waals surface area contributed by atoms with E-state index in [0.717, 1.165) is 27.8 Å². The van der Waals surface area contributed by atoms with Crippen molar-refractivity contribution in [1.82, 2.24) is 15.1 Å². The van der Waals surface area contributed by atoms with Gasteiger partial charge in [-0.05, 0) is 34.8 Å². The molecule has 2 N–H and O–H groups in total. The maximum Gasteiger partial charge on any atom is 0.0767 e. The molecule has 21 heavy (non-hydrogen) atoms. The molecular weight excluding hydrogens is 330 g/mol. The highest BCUT2D eigenvalue weighted by Crippen LogP contribution is 2.24. The second kappa shape index (κ2) is 6.73. The minimum Gasteiger partial charge on any atom is -0.394 e. The lowest BCUT2D eigenvalue weighted by Gasteiger charge is -2.29. The molecule has 0 saturated carbocycles. The molecule has 0 bridgehead atoms. The number of rotatable bonds is 6. The van der Waals surface area contributed by atoms with Crippen LogP contribution in [0, 0.1) is 0 Å². The van der Waals surface area contributed by atoms with Crippen LogP contribution in [0.4, 0.5) is 0 Å².